The molecule has 1 aliphatic carbocycles. The van der Waals surface area contributed by atoms with Crippen molar-refractivity contribution >= 4 is 23.4 Å². The highest BCUT2D eigenvalue weighted by molar-refractivity contribution is 7.99. The Labute approximate surface area is 106 Å². The smallest absolute Gasteiger partial charge is 0.147 e. The molecule has 2 unspecified atom stereocenters. The molecule has 2 nitrogen and oxygen atoms in total. The molecule has 0 N–H and O–H groups in total. The summed E-state index contributed by atoms with van der Waals surface area (Å²) in [6.45, 7) is 2.36. The molecule has 88 valence electrons. The van der Waals surface area contributed by atoms with Crippen molar-refractivity contribution in [2.45, 2.75) is 43.6 Å². The molecular weight excluding hydrogens is 240 g/mol. The summed E-state index contributed by atoms with van der Waals surface area (Å²) in [4.78, 5) is 8.31. The van der Waals surface area contributed by atoms with E-state index in [0.29, 0.717) is 5.15 Å². The molecule has 1 aromatic rings. The Hall–Kier alpha value is -0.280. The van der Waals surface area contributed by atoms with Crippen LogP contribution in [0.1, 0.15) is 38.3 Å². The molecule has 0 spiro atoms. The summed E-state index contributed by atoms with van der Waals surface area (Å²) in [7, 11) is 0. The molecular formula is C12H17ClN2S. The molecule has 1 aliphatic rings. The zero-order chi connectivity index (χ0) is 11.4. The van der Waals surface area contributed by atoms with Gasteiger partial charge in [0.2, 0.25) is 0 Å². The van der Waals surface area contributed by atoms with Gasteiger partial charge in [-0.25, -0.2) is 4.98 Å². The first-order valence-electron chi connectivity index (χ1n) is 5.82. The van der Waals surface area contributed by atoms with Crippen molar-refractivity contribution in [1.82, 2.24) is 9.97 Å². The fourth-order valence-electron chi connectivity index (χ4n) is 2.15. The molecule has 0 radical (unpaired) electrons. The first-order valence-corrected chi connectivity index (χ1v) is 7.24. The van der Waals surface area contributed by atoms with Gasteiger partial charge in [0.25, 0.3) is 0 Å². The fraction of sp³-hybridized carbons (Fsp3) is 0.667. The first-order chi connectivity index (χ1) is 7.74. The average molecular weight is 257 g/mol. The second kappa shape index (κ2) is 5.87. The van der Waals surface area contributed by atoms with E-state index in [9.17, 15) is 0 Å². The van der Waals surface area contributed by atoms with Crippen LogP contribution in [0.15, 0.2) is 12.4 Å². The van der Waals surface area contributed by atoms with Gasteiger partial charge in [0, 0.05) is 11.0 Å². The highest BCUT2D eigenvalue weighted by Gasteiger charge is 2.19. The average Bonchev–Trinajstić information content (AvgIpc) is 2.28. The lowest BCUT2D eigenvalue weighted by Crippen LogP contribution is -2.15. The van der Waals surface area contributed by atoms with Crippen LogP contribution in [-0.4, -0.2) is 15.2 Å². The predicted octanol–water partition coefficient (Wildman–Crippen LogP) is 3.94. The summed E-state index contributed by atoms with van der Waals surface area (Å²) in [5.41, 5.74) is 1.03. The van der Waals surface area contributed by atoms with E-state index in [0.717, 1.165) is 22.6 Å². The minimum absolute atomic E-state index is 0.472. The summed E-state index contributed by atoms with van der Waals surface area (Å²) in [6, 6.07) is 0. The molecule has 0 aromatic carbocycles. The summed E-state index contributed by atoms with van der Waals surface area (Å²) in [6.07, 6.45) is 8.90. The lowest BCUT2D eigenvalue weighted by molar-refractivity contribution is 0.394. The van der Waals surface area contributed by atoms with Crippen LogP contribution in [-0.2, 0) is 5.75 Å². The maximum absolute atomic E-state index is 5.70. The fourth-order valence-corrected chi connectivity index (χ4v) is 3.60. The highest BCUT2D eigenvalue weighted by atomic mass is 35.5. The predicted molar refractivity (Wildman–Crippen MR) is 69.8 cm³/mol. The van der Waals surface area contributed by atoms with Crippen LogP contribution in [0.2, 0.25) is 5.15 Å². The third-order valence-electron chi connectivity index (χ3n) is 3.03. The summed E-state index contributed by atoms with van der Waals surface area (Å²) in [5, 5.41) is 1.28. The van der Waals surface area contributed by atoms with E-state index < -0.39 is 0 Å². The molecule has 2 rings (SSSR count). The standard InChI is InChI=1S/C12H17ClN2S/c1-9-3-2-4-11(5-9)16-8-10-6-15-12(13)7-14-10/h6-7,9,11H,2-5,8H2,1H3. The zero-order valence-corrected chi connectivity index (χ0v) is 11.1. The lowest BCUT2D eigenvalue weighted by atomic mass is 9.91. The Morgan fingerprint density at radius 2 is 2.25 bits per heavy atom. The van der Waals surface area contributed by atoms with Gasteiger partial charge in [0.15, 0.2) is 0 Å². The van der Waals surface area contributed by atoms with Gasteiger partial charge in [0.05, 0.1) is 18.1 Å². The van der Waals surface area contributed by atoms with Crippen molar-refractivity contribution < 1.29 is 0 Å². The molecule has 0 amide bonds. The quantitative estimate of drug-likeness (QED) is 0.819. The number of halogens is 1. The van der Waals surface area contributed by atoms with E-state index in [2.05, 4.69) is 16.9 Å². The maximum Gasteiger partial charge on any atom is 0.147 e. The normalized spacial score (nSPS) is 25.6. The number of hydrogen-bond donors (Lipinski definition) is 0. The third kappa shape index (κ3) is 3.63. The Balaban J connectivity index is 1.80. The van der Waals surface area contributed by atoms with Crippen LogP contribution in [0.3, 0.4) is 0 Å². The number of hydrogen-bond acceptors (Lipinski definition) is 3. The number of rotatable bonds is 3. The van der Waals surface area contributed by atoms with Crippen LogP contribution in [0.25, 0.3) is 0 Å². The van der Waals surface area contributed by atoms with Gasteiger partial charge in [-0.2, -0.15) is 11.8 Å². The van der Waals surface area contributed by atoms with Gasteiger partial charge in [0.1, 0.15) is 5.15 Å². The van der Waals surface area contributed by atoms with E-state index in [1.165, 1.54) is 25.7 Å². The van der Waals surface area contributed by atoms with Crippen molar-refractivity contribution in [2.24, 2.45) is 5.92 Å². The van der Waals surface area contributed by atoms with E-state index in [1.54, 1.807) is 12.4 Å². The van der Waals surface area contributed by atoms with E-state index in [1.807, 2.05) is 11.8 Å². The number of aromatic nitrogens is 2. The number of nitrogens with zero attached hydrogens (tertiary/aromatic N) is 2. The van der Waals surface area contributed by atoms with Gasteiger partial charge in [-0.05, 0) is 18.8 Å². The van der Waals surface area contributed by atoms with Crippen molar-refractivity contribution in [3.63, 3.8) is 0 Å². The molecule has 1 saturated carbocycles. The van der Waals surface area contributed by atoms with Gasteiger partial charge in [-0.1, -0.05) is 31.4 Å². The Bertz CT molecular complexity index is 328. The Morgan fingerprint density at radius 3 is 2.94 bits per heavy atom. The maximum atomic E-state index is 5.70. The highest BCUT2D eigenvalue weighted by Crippen LogP contribution is 2.33. The molecule has 0 aliphatic heterocycles. The van der Waals surface area contributed by atoms with Gasteiger partial charge in [-0.15, -0.1) is 0 Å². The largest absolute Gasteiger partial charge is 0.256 e. The van der Waals surface area contributed by atoms with Crippen molar-refractivity contribution in [3.05, 3.63) is 23.2 Å². The van der Waals surface area contributed by atoms with Gasteiger partial charge in [-0.3, -0.25) is 4.98 Å². The minimum Gasteiger partial charge on any atom is -0.256 e. The van der Waals surface area contributed by atoms with E-state index in [4.69, 9.17) is 11.6 Å². The van der Waals surface area contributed by atoms with Crippen LogP contribution < -0.4 is 0 Å². The molecule has 2 atom stereocenters. The molecule has 0 bridgehead atoms. The van der Waals surface area contributed by atoms with Crippen molar-refractivity contribution in [2.75, 3.05) is 0 Å². The van der Waals surface area contributed by atoms with E-state index in [-0.39, 0.29) is 0 Å². The zero-order valence-electron chi connectivity index (χ0n) is 9.53. The summed E-state index contributed by atoms with van der Waals surface area (Å²) < 4.78 is 0. The summed E-state index contributed by atoms with van der Waals surface area (Å²) >= 11 is 7.71. The molecule has 4 heteroatoms. The topological polar surface area (TPSA) is 25.8 Å². The van der Waals surface area contributed by atoms with Gasteiger partial charge < -0.3 is 0 Å². The van der Waals surface area contributed by atoms with Gasteiger partial charge >= 0.3 is 0 Å². The SMILES string of the molecule is CC1CCCC(SCc2cnc(Cl)cn2)C1. The molecule has 16 heavy (non-hydrogen) atoms. The first kappa shape index (κ1) is 12.2. The number of thioether (sulfide) groups is 1. The monoisotopic (exact) mass is 256 g/mol. The van der Waals surface area contributed by atoms with E-state index >= 15 is 0 Å². The van der Waals surface area contributed by atoms with Crippen molar-refractivity contribution in [1.29, 1.82) is 0 Å². The Kier molecular flexibility index (Phi) is 4.47. The van der Waals surface area contributed by atoms with Crippen LogP contribution in [0.4, 0.5) is 0 Å². The minimum atomic E-state index is 0.472. The molecule has 1 fully saturated rings. The third-order valence-corrected chi connectivity index (χ3v) is 4.59. The Morgan fingerprint density at radius 1 is 1.38 bits per heavy atom. The second-order valence-corrected chi connectivity index (χ2v) is 6.21. The molecule has 1 aromatic heterocycles. The second-order valence-electron chi connectivity index (χ2n) is 4.54. The van der Waals surface area contributed by atoms with Crippen molar-refractivity contribution in [3.8, 4) is 0 Å². The summed E-state index contributed by atoms with van der Waals surface area (Å²) in [5.74, 6) is 1.85. The van der Waals surface area contributed by atoms with Crippen LogP contribution >= 0.6 is 23.4 Å². The van der Waals surface area contributed by atoms with Crippen LogP contribution in [0.5, 0.6) is 0 Å². The lowest BCUT2D eigenvalue weighted by Gasteiger charge is -2.25. The van der Waals surface area contributed by atoms with Crippen LogP contribution in [0, 0.1) is 5.92 Å². The molecule has 1 heterocycles. The molecule has 0 saturated heterocycles.